The van der Waals surface area contributed by atoms with Crippen LogP contribution >= 0.6 is 0 Å². The van der Waals surface area contributed by atoms with E-state index in [9.17, 15) is 4.79 Å². The number of piperidine rings is 1. The number of hydrogen-bond acceptors (Lipinski definition) is 5. The molecule has 0 aliphatic carbocycles. The van der Waals surface area contributed by atoms with Crippen molar-refractivity contribution in [3.8, 4) is 0 Å². The number of amides is 1. The maximum Gasteiger partial charge on any atom is 0.254 e. The fraction of sp³-hybridized carbons (Fsp3) is 0.615. The van der Waals surface area contributed by atoms with Gasteiger partial charge in [-0.3, -0.25) is 4.79 Å². The Labute approximate surface area is 112 Å². The number of β-amino-alcohol motifs (C(OH)–C–C–N with tert-alkyl or cyclic N) is 1. The van der Waals surface area contributed by atoms with Gasteiger partial charge in [0, 0.05) is 32.0 Å². The van der Waals surface area contributed by atoms with Gasteiger partial charge in [0.2, 0.25) is 0 Å². The lowest BCUT2D eigenvalue weighted by atomic mass is 9.98. The summed E-state index contributed by atoms with van der Waals surface area (Å²) < 4.78 is 0. The van der Waals surface area contributed by atoms with E-state index in [1.54, 1.807) is 0 Å². The molecule has 1 aromatic rings. The Bertz CT molecular complexity index is 397. The van der Waals surface area contributed by atoms with Crippen LogP contribution in [0.1, 0.15) is 23.2 Å². The van der Waals surface area contributed by atoms with Crippen LogP contribution in [0.3, 0.4) is 0 Å². The van der Waals surface area contributed by atoms with Gasteiger partial charge in [-0.2, -0.15) is 0 Å². The summed E-state index contributed by atoms with van der Waals surface area (Å²) in [6.07, 6.45) is 6.68. The summed E-state index contributed by atoms with van der Waals surface area (Å²) in [6.45, 7) is 3.55. The average Bonchev–Trinajstić information content (AvgIpc) is 2.46. The minimum Gasteiger partial charge on any atom is -0.395 e. The lowest BCUT2D eigenvalue weighted by Crippen LogP contribution is -2.41. The van der Waals surface area contributed by atoms with E-state index in [1.165, 1.54) is 18.7 Å². The largest absolute Gasteiger partial charge is 0.395 e. The number of carbonyl (C=O) groups excluding carboxylic acids is 1. The maximum absolute atomic E-state index is 11.8. The van der Waals surface area contributed by atoms with Crippen LogP contribution in [0.2, 0.25) is 0 Å². The first-order valence-corrected chi connectivity index (χ1v) is 6.66. The van der Waals surface area contributed by atoms with Gasteiger partial charge in [0.05, 0.1) is 12.2 Å². The van der Waals surface area contributed by atoms with Gasteiger partial charge in [-0.25, -0.2) is 9.97 Å². The molecule has 0 radical (unpaired) electrons. The van der Waals surface area contributed by atoms with Crippen LogP contribution in [0.15, 0.2) is 18.7 Å². The van der Waals surface area contributed by atoms with Crippen molar-refractivity contribution in [2.24, 2.45) is 5.92 Å². The van der Waals surface area contributed by atoms with Gasteiger partial charge in [-0.05, 0) is 25.3 Å². The molecule has 1 aliphatic rings. The fourth-order valence-corrected chi connectivity index (χ4v) is 2.42. The van der Waals surface area contributed by atoms with Crippen LogP contribution < -0.4 is 5.32 Å². The van der Waals surface area contributed by atoms with Crippen LogP contribution in [0.5, 0.6) is 0 Å². The molecule has 6 heteroatoms. The van der Waals surface area contributed by atoms with Gasteiger partial charge in [0.25, 0.3) is 5.91 Å². The smallest absolute Gasteiger partial charge is 0.254 e. The van der Waals surface area contributed by atoms with Crippen molar-refractivity contribution in [3.63, 3.8) is 0 Å². The SMILES string of the molecule is O=C(NC[C@H]1CCCN(CCO)C1)c1cncnc1. The first-order valence-electron chi connectivity index (χ1n) is 6.66. The highest BCUT2D eigenvalue weighted by molar-refractivity contribution is 5.93. The van der Waals surface area contributed by atoms with Gasteiger partial charge in [-0.15, -0.1) is 0 Å². The lowest BCUT2D eigenvalue weighted by Gasteiger charge is -2.32. The second-order valence-electron chi connectivity index (χ2n) is 4.87. The van der Waals surface area contributed by atoms with Gasteiger partial charge < -0.3 is 15.3 Å². The van der Waals surface area contributed by atoms with Crippen molar-refractivity contribution in [1.82, 2.24) is 20.2 Å². The predicted octanol–water partition coefficient (Wildman–Crippen LogP) is -0.0893. The van der Waals surface area contributed by atoms with Gasteiger partial charge >= 0.3 is 0 Å². The van der Waals surface area contributed by atoms with Crippen LogP contribution in [-0.4, -0.2) is 58.7 Å². The third-order valence-electron chi connectivity index (χ3n) is 3.39. The Morgan fingerprint density at radius 2 is 2.26 bits per heavy atom. The molecule has 1 fully saturated rings. The van der Waals surface area contributed by atoms with Crippen molar-refractivity contribution in [3.05, 3.63) is 24.3 Å². The Kier molecular flexibility index (Phi) is 5.23. The van der Waals surface area contributed by atoms with Gasteiger partial charge in [0.15, 0.2) is 0 Å². The number of hydrogen-bond donors (Lipinski definition) is 2. The highest BCUT2D eigenvalue weighted by Gasteiger charge is 2.20. The number of rotatable bonds is 5. The van der Waals surface area contributed by atoms with E-state index in [2.05, 4.69) is 20.2 Å². The number of aromatic nitrogens is 2. The summed E-state index contributed by atoms with van der Waals surface area (Å²) in [5.74, 6) is 0.328. The Morgan fingerprint density at radius 3 is 3.00 bits per heavy atom. The number of carbonyl (C=O) groups is 1. The zero-order chi connectivity index (χ0) is 13.5. The number of nitrogens with one attached hydrogen (secondary N) is 1. The van der Waals surface area contributed by atoms with Crippen LogP contribution in [0.4, 0.5) is 0 Å². The minimum atomic E-state index is -0.125. The number of nitrogens with zero attached hydrogens (tertiary/aromatic N) is 3. The normalized spacial score (nSPS) is 20.2. The average molecular weight is 264 g/mol. The molecule has 0 aromatic carbocycles. The molecular formula is C13H20N4O2. The molecule has 0 spiro atoms. The molecule has 0 bridgehead atoms. The van der Waals surface area contributed by atoms with Crippen molar-refractivity contribution in [2.45, 2.75) is 12.8 Å². The highest BCUT2D eigenvalue weighted by Crippen LogP contribution is 2.15. The Morgan fingerprint density at radius 1 is 1.47 bits per heavy atom. The van der Waals surface area contributed by atoms with Crippen molar-refractivity contribution >= 4 is 5.91 Å². The molecule has 1 saturated heterocycles. The van der Waals surface area contributed by atoms with Gasteiger partial charge in [0.1, 0.15) is 6.33 Å². The van der Waals surface area contributed by atoms with Crippen molar-refractivity contribution in [2.75, 3.05) is 32.8 Å². The molecule has 2 N–H and O–H groups in total. The first kappa shape index (κ1) is 13.9. The third kappa shape index (κ3) is 4.25. The van der Waals surface area contributed by atoms with E-state index in [-0.39, 0.29) is 12.5 Å². The standard InChI is InChI=1S/C13H20N4O2/c18-5-4-17-3-1-2-11(9-17)6-16-13(19)12-7-14-10-15-8-12/h7-8,10-11,18H,1-6,9H2,(H,16,19)/t11-/m1/s1. The predicted molar refractivity (Wildman–Crippen MR) is 70.6 cm³/mol. The summed E-state index contributed by atoms with van der Waals surface area (Å²) in [5.41, 5.74) is 0.491. The molecule has 104 valence electrons. The van der Waals surface area contributed by atoms with E-state index in [4.69, 9.17) is 5.11 Å². The van der Waals surface area contributed by atoms with E-state index >= 15 is 0 Å². The first-order chi connectivity index (χ1) is 9.29. The molecule has 0 unspecified atom stereocenters. The zero-order valence-electron chi connectivity index (χ0n) is 11.0. The van der Waals surface area contributed by atoms with E-state index < -0.39 is 0 Å². The lowest BCUT2D eigenvalue weighted by molar-refractivity contribution is 0.0924. The summed E-state index contributed by atoms with van der Waals surface area (Å²) in [4.78, 5) is 21.7. The van der Waals surface area contributed by atoms with Crippen LogP contribution in [0, 0.1) is 5.92 Å². The second kappa shape index (κ2) is 7.16. The molecule has 6 nitrogen and oxygen atoms in total. The molecule has 2 heterocycles. The number of aliphatic hydroxyl groups excluding tert-OH is 1. The Hall–Kier alpha value is -1.53. The summed E-state index contributed by atoms with van der Waals surface area (Å²) >= 11 is 0. The maximum atomic E-state index is 11.8. The number of likely N-dealkylation sites (tertiary alicyclic amines) is 1. The molecule has 2 rings (SSSR count). The topological polar surface area (TPSA) is 78.4 Å². The van der Waals surface area contributed by atoms with Gasteiger partial charge in [-0.1, -0.05) is 0 Å². The van der Waals surface area contributed by atoms with Crippen LogP contribution in [-0.2, 0) is 0 Å². The van der Waals surface area contributed by atoms with Crippen molar-refractivity contribution in [1.29, 1.82) is 0 Å². The van der Waals surface area contributed by atoms with Crippen LogP contribution in [0.25, 0.3) is 0 Å². The molecule has 1 atom stereocenters. The summed E-state index contributed by atoms with van der Waals surface area (Å²) in [6, 6.07) is 0. The molecule has 0 saturated carbocycles. The molecule has 1 aromatic heterocycles. The highest BCUT2D eigenvalue weighted by atomic mass is 16.3. The molecule has 19 heavy (non-hydrogen) atoms. The van der Waals surface area contributed by atoms with Crippen molar-refractivity contribution < 1.29 is 9.90 Å². The minimum absolute atomic E-state index is 0.125. The quantitative estimate of drug-likeness (QED) is 0.777. The zero-order valence-corrected chi connectivity index (χ0v) is 11.0. The number of aliphatic hydroxyl groups is 1. The van der Waals surface area contributed by atoms with E-state index in [0.717, 1.165) is 32.5 Å². The summed E-state index contributed by atoms with van der Waals surface area (Å²) in [5, 5.41) is 11.9. The molecule has 1 amide bonds. The summed E-state index contributed by atoms with van der Waals surface area (Å²) in [7, 11) is 0. The third-order valence-corrected chi connectivity index (χ3v) is 3.39. The molecular weight excluding hydrogens is 244 g/mol. The van der Waals surface area contributed by atoms with E-state index in [0.29, 0.717) is 18.0 Å². The second-order valence-corrected chi connectivity index (χ2v) is 4.87. The monoisotopic (exact) mass is 264 g/mol. The Balaban J connectivity index is 1.77. The molecule has 1 aliphatic heterocycles. The van der Waals surface area contributed by atoms with E-state index in [1.807, 2.05) is 0 Å². The fourth-order valence-electron chi connectivity index (χ4n) is 2.42.